The van der Waals surface area contributed by atoms with E-state index in [1.807, 2.05) is 52.0 Å². The summed E-state index contributed by atoms with van der Waals surface area (Å²) >= 11 is 0. The summed E-state index contributed by atoms with van der Waals surface area (Å²) in [6.45, 7) is 7.90. The standard InChI is InChI=1S/C32H41N3O5S/c1-6-8-20-33-32(37)30(7-2)34(22-26-13-10-9-12-25(26)4)31(36)23-35(27-14-11-15-28(21-27)40-5)41(38,39)29-18-16-24(3)17-19-29/h9-19,21,30H,6-8,20,22-23H2,1-5H3,(H,33,37)/t30-/m1/s1. The Labute approximate surface area is 244 Å². The van der Waals surface area contributed by atoms with E-state index in [1.165, 1.54) is 24.1 Å². The van der Waals surface area contributed by atoms with Gasteiger partial charge < -0.3 is 15.0 Å². The quantitative estimate of drug-likeness (QED) is 0.264. The Morgan fingerprint density at radius 1 is 0.951 bits per heavy atom. The predicted octanol–water partition coefficient (Wildman–Crippen LogP) is 5.23. The van der Waals surface area contributed by atoms with E-state index in [1.54, 1.807) is 36.4 Å². The summed E-state index contributed by atoms with van der Waals surface area (Å²) in [7, 11) is -2.65. The number of hydrogen-bond acceptors (Lipinski definition) is 5. The highest BCUT2D eigenvalue weighted by Crippen LogP contribution is 2.28. The summed E-state index contributed by atoms with van der Waals surface area (Å²) < 4.78 is 34.4. The molecular formula is C32H41N3O5S. The van der Waals surface area contributed by atoms with E-state index in [0.29, 0.717) is 18.7 Å². The van der Waals surface area contributed by atoms with Crippen molar-refractivity contribution >= 4 is 27.5 Å². The van der Waals surface area contributed by atoms with Crippen LogP contribution in [0.3, 0.4) is 0 Å². The first kappa shape index (κ1) is 31.7. The van der Waals surface area contributed by atoms with E-state index in [-0.39, 0.29) is 23.0 Å². The van der Waals surface area contributed by atoms with Crippen molar-refractivity contribution in [2.24, 2.45) is 0 Å². The fraction of sp³-hybridized carbons (Fsp3) is 0.375. The van der Waals surface area contributed by atoms with Crippen molar-refractivity contribution in [3.8, 4) is 5.75 Å². The average molecular weight is 580 g/mol. The first-order valence-corrected chi connectivity index (χ1v) is 15.4. The normalized spacial score (nSPS) is 11.9. The predicted molar refractivity (Wildman–Crippen MR) is 162 cm³/mol. The third kappa shape index (κ3) is 8.10. The van der Waals surface area contributed by atoms with Crippen LogP contribution in [0.25, 0.3) is 0 Å². The van der Waals surface area contributed by atoms with Gasteiger partial charge in [-0.1, -0.05) is 68.3 Å². The lowest BCUT2D eigenvalue weighted by Crippen LogP contribution is -2.52. The van der Waals surface area contributed by atoms with Gasteiger partial charge in [0, 0.05) is 19.2 Å². The van der Waals surface area contributed by atoms with Gasteiger partial charge in [0.1, 0.15) is 18.3 Å². The number of ether oxygens (including phenoxy) is 1. The van der Waals surface area contributed by atoms with Crippen molar-refractivity contribution in [1.82, 2.24) is 10.2 Å². The van der Waals surface area contributed by atoms with Crippen LogP contribution in [0.1, 0.15) is 49.8 Å². The van der Waals surface area contributed by atoms with Gasteiger partial charge in [0.25, 0.3) is 10.0 Å². The smallest absolute Gasteiger partial charge is 0.264 e. The molecule has 3 rings (SSSR count). The van der Waals surface area contributed by atoms with Crippen LogP contribution in [0.2, 0.25) is 0 Å². The number of methoxy groups -OCH3 is 1. The number of anilines is 1. The van der Waals surface area contributed by atoms with Crippen molar-refractivity contribution in [2.45, 2.75) is 64.4 Å². The van der Waals surface area contributed by atoms with E-state index in [4.69, 9.17) is 4.74 Å². The fourth-order valence-corrected chi connectivity index (χ4v) is 5.93. The summed E-state index contributed by atoms with van der Waals surface area (Å²) in [6, 6.07) is 20.0. The molecule has 2 amide bonds. The van der Waals surface area contributed by atoms with Crippen molar-refractivity contribution in [3.05, 3.63) is 89.5 Å². The number of nitrogens with one attached hydrogen (secondary N) is 1. The molecule has 0 saturated carbocycles. The number of benzene rings is 3. The molecule has 0 radical (unpaired) electrons. The summed E-state index contributed by atoms with van der Waals surface area (Å²) in [4.78, 5) is 29.0. The second kappa shape index (κ2) is 14.7. The lowest BCUT2D eigenvalue weighted by molar-refractivity contribution is -0.140. The molecule has 8 nitrogen and oxygen atoms in total. The zero-order chi connectivity index (χ0) is 30.0. The molecule has 1 N–H and O–H groups in total. The van der Waals surface area contributed by atoms with Crippen molar-refractivity contribution in [3.63, 3.8) is 0 Å². The topological polar surface area (TPSA) is 96.0 Å². The molecular weight excluding hydrogens is 538 g/mol. The molecule has 3 aromatic rings. The largest absolute Gasteiger partial charge is 0.497 e. The van der Waals surface area contributed by atoms with Crippen LogP contribution >= 0.6 is 0 Å². The van der Waals surface area contributed by atoms with E-state index >= 15 is 0 Å². The maximum absolute atomic E-state index is 14.2. The highest BCUT2D eigenvalue weighted by Gasteiger charge is 2.34. The molecule has 0 unspecified atom stereocenters. The summed E-state index contributed by atoms with van der Waals surface area (Å²) in [6.07, 6.45) is 2.13. The highest BCUT2D eigenvalue weighted by atomic mass is 32.2. The number of hydrogen-bond donors (Lipinski definition) is 1. The minimum absolute atomic E-state index is 0.0634. The lowest BCUT2D eigenvalue weighted by Gasteiger charge is -2.33. The van der Waals surface area contributed by atoms with Gasteiger partial charge in [-0.15, -0.1) is 0 Å². The van der Waals surface area contributed by atoms with Crippen molar-refractivity contribution < 1.29 is 22.7 Å². The first-order chi connectivity index (χ1) is 19.6. The molecule has 0 aliphatic rings. The van der Waals surface area contributed by atoms with Crippen LogP contribution < -0.4 is 14.4 Å². The van der Waals surface area contributed by atoms with Crippen LogP contribution in [0.15, 0.2) is 77.7 Å². The average Bonchev–Trinajstić information content (AvgIpc) is 2.97. The molecule has 0 heterocycles. The summed E-state index contributed by atoms with van der Waals surface area (Å²) in [5, 5.41) is 2.95. The summed E-state index contributed by atoms with van der Waals surface area (Å²) in [5.74, 6) is -0.279. The summed E-state index contributed by atoms with van der Waals surface area (Å²) in [5.41, 5.74) is 3.06. The molecule has 0 fully saturated rings. The van der Waals surface area contributed by atoms with Gasteiger partial charge in [0.15, 0.2) is 0 Å². The van der Waals surface area contributed by atoms with Crippen LogP contribution in [0, 0.1) is 13.8 Å². The Morgan fingerprint density at radius 2 is 1.66 bits per heavy atom. The third-order valence-corrected chi connectivity index (χ3v) is 8.83. The monoisotopic (exact) mass is 579 g/mol. The number of unbranched alkanes of at least 4 members (excludes halogenated alkanes) is 1. The van der Waals surface area contributed by atoms with Crippen molar-refractivity contribution in [1.29, 1.82) is 0 Å². The van der Waals surface area contributed by atoms with Gasteiger partial charge in [-0.3, -0.25) is 13.9 Å². The van der Waals surface area contributed by atoms with Crippen LogP contribution in [-0.2, 0) is 26.2 Å². The van der Waals surface area contributed by atoms with Gasteiger partial charge >= 0.3 is 0 Å². The second-order valence-electron chi connectivity index (χ2n) is 10.0. The zero-order valence-corrected chi connectivity index (χ0v) is 25.4. The minimum Gasteiger partial charge on any atom is -0.497 e. The molecule has 1 atom stereocenters. The van der Waals surface area contributed by atoms with Gasteiger partial charge in [0.05, 0.1) is 17.7 Å². The van der Waals surface area contributed by atoms with Crippen LogP contribution in [0.5, 0.6) is 5.75 Å². The van der Waals surface area contributed by atoms with E-state index in [2.05, 4.69) is 5.32 Å². The number of aryl methyl sites for hydroxylation is 2. The molecule has 0 aliphatic carbocycles. The van der Waals surface area contributed by atoms with Crippen LogP contribution in [-0.4, -0.2) is 51.4 Å². The van der Waals surface area contributed by atoms with Crippen molar-refractivity contribution in [2.75, 3.05) is 24.5 Å². The molecule has 0 aromatic heterocycles. The highest BCUT2D eigenvalue weighted by molar-refractivity contribution is 7.92. The molecule has 0 bridgehead atoms. The number of sulfonamides is 1. The molecule has 0 spiro atoms. The Hall–Kier alpha value is -3.85. The number of carbonyl (C=O) groups is 2. The number of carbonyl (C=O) groups excluding carboxylic acids is 2. The molecule has 0 saturated heterocycles. The van der Waals surface area contributed by atoms with E-state index in [0.717, 1.165) is 33.8 Å². The molecule has 3 aromatic carbocycles. The zero-order valence-electron chi connectivity index (χ0n) is 24.6. The van der Waals surface area contributed by atoms with E-state index in [9.17, 15) is 18.0 Å². The second-order valence-corrected chi connectivity index (χ2v) is 11.9. The number of nitrogens with zero attached hydrogens (tertiary/aromatic N) is 2. The Balaban J connectivity index is 2.06. The van der Waals surface area contributed by atoms with Gasteiger partial charge in [-0.25, -0.2) is 8.42 Å². The minimum atomic E-state index is -4.15. The molecule has 0 aliphatic heterocycles. The van der Waals surface area contributed by atoms with Gasteiger partial charge in [-0.05, 0) is 62.1 Å². The van der Waals surface area contributed by atoms with Gasteiger partial charge in [-0.2, -0.15) is 0 Å². The number of rotatable bonds is 14. The first-order valence-electron chi connectivity index (χ1n) is 14.0. The fourth-order valence-electron chi connectivity index (χ4n) is 4.53. The molecule has 9 heteroatoms. The van der Waals surface area contributed by atoms with Gasteiger partial charge in [0.2, 0.25) is 11.8 Å². The maximum atomic E-state index is 14.2. The molecule has 41 heavy (non-hydrogen) atoms. The van der Waals surface area contributed by atoms with Crippen LogP contribution in [0.4, 0.5) is 5.69 Å². The maximum Gasteiger partial charge on any atom is 0.264 e. The number of amides is 2. The Kier molecular flexibility index (Phi) is 11.3. The van der Waals surface area contributed by atoms with E-state index < -0.39 is 28.5 Å². The lowest BCUT2D eigenvalue weighted by atomic mass is 10.1. The Bertz CT molecular complexity index is 1420. The molecule has 220 valence electrons. The SMILES string of the molecule is CCCCNC(=O)[C@@H](CC)N(Cc1ccccc1C)C(=O)CN(c1cccc(OC)c1)S(=O)(=O)c1ccc(C)cc1. The third-order valence-electron chi connectivity index (χ3n) is 7.05. The Morgan fingerprint density at radius 3 is 2.29 bits per heavy atom.